The highest BCUT2D eigenvalue weighted by molar-refractivity contribution is 5.99. The van der Waals surface area contributed by atoms with E-state index in [9.17, 15) is 4.79 Å². The molecule has 0 amide bonds. The maximum atomic E-state index is 13.2. The lowest BCUT2D eigenvalue weighted by Crippen LogP contribution is -2.37. The molecule has 0 saturated carbocycles. The normalized spacial score (nSPS) is 16.3. The van der Waals surface area contributed by atoms with Crippen LogP contribution in [-0.2, 0) is 12.8 Å². The van der Waals surface area contributed by atoms with Gasteiger partial charge in [0.2, 0.25) is 0 Å². The number of Topliss-reactive ketones (excluding diaryl/α,β-unsaturated/α-hetero) is 1. The number of fused-ring (bicyclic) bond motifs is 5. The van der Waals surface area contributed by atoms with E-state index in [1.54, 1.807) is 26.4 Å². The Morgan fingerprint density at radius 2 is 1.67 bits per heavy atom. The fourth-order valence-corrected chi connectivity index (χ4v) is 4.76. The van der Waals surface area contributed by atoms with Crippen LogP contribution in [0.4, 0.5) is 0 Å². The van der Waals surface area contributed by atoms with Gasteiger partial charge in [0.25, 0.3) is 0 Å². The van der Waals surface area contributed by atoms with Crippen molar-refractivity contribution in [2.45, 2.75) is 19.3 Å². The molecule has 0 saturated heterocycles. The van der Waals surface area contributed by atoms with Crippen LogP contribution in [0.1, 0.15) is 27.9 Å². The summed E-state index contributed by atoms with van der Waals surface area (Å²) in [6.07, 6.45) is 7.07. The Hall–Kier alpha value is -3.33. The number of carbonyl (C=O) groups excluding carboxylic acids is 1. The fraction of sp³-hybridized carbons (Fsp3) is 0.222. The monoisotopic (exact) mass is 396 g/mol. The predicted octanol–water partition coefficient (Wildman–Crippen LogP) is 3.93. The minimum atomic E-state index is -0.0514. The van der Waals surface area contributed by atoms with Crippen LogP contribution in [0, 0.1) is 5.92 Å². The van der Waals surface area contributed by atoms with E-state index >= 15 is 0 Å². The summed E-state index contributed by atoms with van der Waals surface area (Å²) in [5.41, 5.74) is 5.94. The minimum absolute atomic E-state index is 0.0514. The number of benzene rings is 3. The quantitative estimate of drug-likeness (QED) is 0.627. The molecule has 3 nitrogen and oxygen atoms in total. The molecule has 0 spiro atoms. The Bertz CT molecular complexity index is 1270. The third-order valence-corrected chi connectivity index (χ3v) is 6.32. The summed E-state index contributed by atoms with van der Waals surface area (Å²) < 4.78 is 10.7. The van der Waals surface area contributed by atoms with Gasteiger partial charge in [-0.05, 0) is 70.2 Å². The summed E-state index contributed by atoms with van der Waals surface area (Å²) in [7, 11) is 3.19. The number of hydrogen-bond acceptors (Lipinski definition) is 3. The highest BCUT2D eigenvalue weighted by Gasteiger charge is 2.25. The minimum Gasteiger partial charge on any atom is -0.493 e. The third kappa shape index (κ3) is 3.02. The second-order valence-electron chi connectivity index (χ2n) is 7.94. The van der Waals surface area contributed by atoms with Gasteiger partial charge in [-0.3, -0.25) is 4.79 Å². The SMILES string of the molecule is COc1ccc(C(=O)C2CC=c3c(ccc4c3=CCc3ccccc3-4)C2)cc1OC. The van der Waals surface area contributed by atoms with Crippen molar-refractivity contribution < 1.29 is 14.3 Å². The summed E-state index contributed by atoms with van der Waals surface area (Å²) in [6, 6.07) is 18.5. The zero-order chi connectivity index (χ0) is 20.7. The molecule has 0 aromatic heterocycles. The average molecular weight is 396 g/mol. The van der Waals surface area contributed by atoms with E-state index in [0.717, 1.165) is 19.3 Å². The van der Waals surface area contributed by atoms with Crippen LogP contribution in [0.2, 0.25) is 0 Å². The summed E-state index contributed by atoms with van der Waals surface area (Å²) in [6.45, 7) is 0. The molecule has 0 bridgehead atoms. The fourth-order valence-electron chi connectivity index (χ4n) is 4.76. The Labute approximate surface area is 176 Å². The van der Waals surface area contributed by atoms with Crippen molar-refractivity contribution in [3.05, 3.63) is 81.7 Å². The van der Waals surface area contributed by atoms with E-state index in [1.807, 2.05) is 6.07 Å². The van der Waals surface area contributed by atoms with E-state index in [-0.39, 0.29) is 11.7 Å². The topological polar surface area (TPSA) is 35.5 Å². The van der Waals surface area contributed by atoms with Crippen molar-refractivity contribution in [2.24, 2.45) is 5.92 Å². The van der Waals surface area contributed by atoms with Crippen LogP contribution >= 0.6 is 0 Å². The summed E-state index contributed by atoms with van der Waals surface area (Å²) in [4.78, 5) is 13.2. The molecule has 1 atom stereocenters. The number of rotatable bonds is 4. The molecule has 0 heterocycles. The van der Waals surface area contributed by atoms with E-state index in [1.165, 1.54) is 32.7 Å². The standard InChI is InChI=1S/C27H24O3/c1-29-25-14-10-20(16-26(25)30-2)27(28)19-9-11-22-18(15-19)8-13-23-21-6-4-3-5-17(21)7-12-24(22)23/h3-6,8,10-14,16,19H,7,9,15H2,1-2H3. The second-order valence-corrected chi connectivity index (χ2v) is 7.94. The highest BCUT2D eigenvalue weighted by Crippen LogP contribution is 2.30. The van der Waals surface area contributed by atoms with Crippen LogP contribution in [0.3, 0.4) is 0 Å². The van der Waals surface area contributed by atoms with Crippen LogP contribution in [0.15, 0.2) is 54.6 Å². The van der Waals surface area contributed by atoms with Crippen molar-refractivity contribution in [1.82, 2.24) is 0 Å². The first kappa shape index (κ1) is 18.7. The Morgan fingerprint density at radius 1 is 0.833 bits per heavy atom. The Kier molecular flexibility index (Phi) is 4.66. The predicted molar refractivity (Wildman–Crippen MR) is 119 cm³/mol. The molecule has 0 N–H and O–H groups in total. The molecule has 1 unspecified atom stereocenters. The first-order chi connectivity index (χ1) is 14.7. The van der Waals surface area contributed by atoms with Gasteiger partial charge in [-0.1, -0.05) is 48.6 Å². The first-order valence-electron chi connectivity index (χ1n) is 10.4. The molecule has 3 aromatic carbocycles. The van der Waals surface area contributed by atoms with Crippen molar-refractivity contribution in [3.63, 3.8) is 0 Å². The molecular formula is C27H24O3. The smallest absolute Gasteiger partial charge is 0.166 e. The second kappa shape index (κ2) is 7.49. The highest BCUT2D eigenvalue weighted by atomic mass is 16.5. The van der Waals surface area contributed by atoms with E-state index in [2.05, 4.69) is 48.6 Å². The molecule has 0 radical (unpaired) electrons. The van der Waals surface area contributed by atoms with Gasteiger partial charge in [0.05, 0.1) is 14.2 Å². The van der Waals surface area contributed by atoms with Gasteiger partial charge in [0.15, 0.2) is 17.3 Å². The summed E-state index contributed by atoms with van der Waals surface area (Å²) >= 11 is 0. The molecular weight excluding hydrogens is 372 g/mol. The van der Waals surface area contributed by atoms with Gasteiger partial charge in [0.1, 0.15) is 0 Å². The van der Waals surface area contributed by atoms with Gasteiger partial charge in [-0.15, -0.1) is 0 Å². The Balaban J connectivity index is 1.48. The van der Waals surface area contributed by atoms with E-state index < -0.39 is 0 Å². The zero-order valence-corrected chi connectivity index (χ0v) is 17.3. The first-order valence-corrected chi connectivity index (χ1v) is 10.4. The van der Waals surface area contributed by atoms with Gasteiger partial charge in [-0.2, -0.15) is 0 Å². The maximum Gasteiger partial charge on any atom is 0.166 e. The molecule has 30 heavy (non-hydrogen) atoms. The van der Waals surface area contributed by atoms with Crippen LogP contribution in [-0.4, -0.2) is 20.0 Å². The molecule has 150 valence electrons. The lowest BCUT2D eigenvalue weighted by atomic mass is 9.81. The maximum absolute atomic E-state index is 13.2. The largest absolute Gasteiger partial charge is 0.493 e. The molecule has 3 heteroatoms. The number of methoxy groups -OCH3 is 2. The lowest BCUT2D eigenvalue weighted by molar-refractivity contribution is 0.0920. The molecule has 0 aliphatic heterocycles. The van der Waals surface area contributed by atoms with Gasteiger partial charge >= 0.3 is 0 Å². The lowest BCUT2D eigenvalue weighted by Gasteiger charge is -2.22. The van der Waals surface area contributed by atoms with Crippen molar-refractivity contribution in [2.75, 3.05) is 14.2 Å². The van der Waals surface area contributed by atoms with Crippen molar-refractivity contribution >= 4 is 17.9 Å². The molecule has 0 fully saturated rings. The molecule has 5 rings (SSSR count). The van der Waals surface area contributed by atoms with E-state index in [0.29, 0.717) is 17.1 Å². The third-order valence-electron chi connectivity index (χ3n) is 6.32. The van der Waals surface area contributed by atoms with Crippen LogP contribution in [0.25, 0.3) is 23.3 Å². The van der Waals surface area contributed by atoms with Crippen LogP contribution in [0.5, 0.6) is 11.5 Å². The average Bonchev–Trinajstić information content (AvgIpc) is 2.82. The van der Waals surface area contributed by atoms with Gasteiger partial charge in [-0.25, -0.2) is 0 Å². The molecule has 2 aliphatic rings. The summed E-state index contributed by atoms with van der Waals surface area (Å²) in [5, 5.41) is 2.63. The number of carbonyl (C=O) groups is 1. The zero-order valence-electron chi connectivity index (χ0n) is 17.3. The molecule has 2 aliphatic carbocycles. The number of ketones is 1. The number of ether oxygens (including phenoxy) is 2. The van der Waals surface area contributed by atoms with E-state index in [4.69, 9.17) is 9.47 Å². The van der Waals surface area contributed by atoms with Crippen molar-refractivity contribution in [1.29, 1.82) is 0 Å². The Morgan fingerprint density at radius 3 is 2.50 bits per heavy atom. The van der Waals surface area contributed by atoms with Gasteiger partial charge < -0.3 is 9.47 Å². The van der Waals surface area contributed by atoms with Crippen molar-refractivity contribution in [3.8, 4) is 22.6 Å². The van der Waals surface area contributed by atoms with Gasteiger partial charge in [0, 0.05) is 11.5 Å². The van der Waals surface area contributed by atoms with Crippen LogP contribution < -0.4 is 19.9 Å². The summed E-state index contributed by atoms with van der Waals surface area (Å²) in [5.74, 6) is 1.33. The number of hydrogen-bond donors (Lipinski definition) is 0. The molecule has 3 aromatic rings.